The molecule has 4 heteroatoms. The molecule has 0 saturated heterocycles. The van der Waals surface area contributed by atoms with E-state index in [2.05, 4.69) is 33.9 Å². The van der Waals surface area contributed by atoms with Crippen molar-refractivity contribution >= 4 is 20.4 Å². The van der Waals surface area contributed by atoms with Crippen LogP contribution in [0.4, 0.5) is 0 Å². The maximum absolute atomic E-state index is 11.3. The van der Waals surface area contributed by atoms with Crippen molar-refractivity contribution in [1.82, 2.24) is 0 Å². The lowest BCUT2D eigenvalue weighted by atomic mass is 10.1. The smallest absolute Gasteiger partial charge is 0.308 e. The topological polar surface area (TPSA) is 35.5 Å². The third-order valence-electron chi connectivity index (χ3n) is 4.34. The van der Waals surface area contributed by atoms with Crippen molar-refractivity contribution in [3.05, 3.63) is 34.9 Å². The highest BCUT2D eigenvalue weighted by molar-refractivity contribution is 6.74. The highest BCUT2D eigenvalue weighted by Gasteiger charge is 2.36. The molecule has 0 aliphatic carbocycles. The number of esters is 1. The van der Waals surface area contributed by atoms with Crippen LogP contribution in [0.2, 0.25) is 18.1 Å². The summed E-state index contributed by atoms with van der Waals surface area (Å²) in [6.07, 6.45) is 3.98. The first-order valence-electron chi connectivity index (χ1n) is 8.04. The Morgan fingerprint density at radius 3 is 2.35 bits per heavy atom. The molecule has 0 fully saturated rings. The number of benzene rings is 1. The molecule has 1 rings (SSSR count). The number of aryl methyl sites for hydroxylation is 2. The standard InChI is InChI=1S/C19H30O3Si/c1-14-12-15(2)18(22-16(3)20)17(13-14)10-9-11-21-23(7,8)19(4,5)6/h9-10,12-13H,11H2,1-8H3/b10-9-. The minimum atomic E-state index is -1.74. The van der Waals surface area contributed by atoms with Crippen molar-refractivity contribution in [2.75, 3.05) is 6.61 Å². The van der Waals surface area contributed by atoms with Gasteiger partial charge in [0.2, 0.25) is 0 Å². The van der Waals surface area contributed by atoms with Gasteiger partial charge in [-0.2, -0.15) is 0 Å². The molecule has 0 heterocycles. The van der Waals surface area contributed by atoms with Crippen LogP contribution in [0.1, 0.15) is 44.4 Å². The number of carbonyl (C=O) groups excluding carboxylic acids is 1. The van der Waals surface area contributed by atoms with Crippen molar-refractivity contribution in [1.29, 1.82) is 0 Å². The van der Waals surface area contributed by atoms with E-state index >= 15 is 0 Å². The van der Waals surface area contributed by atoms with Crippen LogP contribution < -0.4 is 4.74 Å². The summed E-state index contributed by atoms with van der Waals surface area (Å²) < 4.78 is 11.5. The van der Waals surface area contributed by atoms with Crippen molar-refractivity contribution in [3.63, 3.8) is 0 Å². The zero-order valence-corrected chi connectivity index (χ0v) is 16.7. The zero-order valence-electron chi connectivity index (χ0n) is 15.7. The van der Waals surface area contributed by atoms with Gasteiger partial charge in [0.1, 0.15) is 5.75 Å². The summed E-state index contributed by atoms with van der Waals surface area (Å²) in [7, 11) is -1.74. The van der Waals surface area contributed by atoms with Gasteiger partial charge < -0.3 is 9.16 Å². The normalized spacial score (nSPS) is 12.7. The van der Waals surface area contributed by atoms with E-state index in [4.69, 9.17) is 9.16 Å². The van der Waals surface area contributed by atoms with Crippen LogP contribution in [0, 0.1) is 13.8 Å². The zero-order chi connectivity index (χ0) is 17.8. The molecule has 0 aromatic heterocycles. The first-order chi connectivity index (χ1) is 10.4. The average Bonchev–Trinajstić information content (AvgIpc) is 2.36. The summed E-state index contributed by atoms with van der Waals surface area (Å²) in [6, 6.07) is 4.04. The molecule has 1 aromatic carbocycles. The summed E-state index contributed by atoms with van der Waals surface area (Å²) >= 11 is 0. The molecule has 1 aromatic rings. The summed E-state index contributed by atoms with van der Waals surface area (Å²) in [5, 5.41) is 0.198. The van der Waals surface area contributed by atoms with Crippen molar-refractivity contribution in [3.8, 4) is 5.75 Å². The molecule has 0 spiro atoms. The second-order valence-electron chi connectivity index (χ2n) is 7.57. The third kappa shape index (κ3) is 5.63. The lowest BCUT2D eigenvalue weighted by Gasteiger charge is -2.35. The number of ether oxygens (including phenoxy) is 1. The van der Waals surface area contributed by atoms with Crippen LogP contribution in [-0.2, 0) is 9.22 Å². The molecule has 0 amide bonds. The summed E-state index contributed by atoms with van der Waals surface area (Å²) in [4.78, 5) is 11.3. The van der Waals surface area contributed by atoms with E-state index in [0.29, 0.717) is 12.4 Å². The Morgan fingerprint density at radius 1 is 1.22 bits per heavy atom. The van der Waals surface area contributed by atoms with Crippen LogP contribution in [-0.4, -0.2) is 20.9 Å². The Labute approximate surface area is 141 Å². The highest BCUT2D eigenvalue weighted by atomic mass is 28.4. The molecule has 23 heavy (non-hydrogen) atoms. The van der Waals surface area contributed by atoms with Gasteiger partial charge >= 0.3 is 5.97 Å². The summed E-state index contributed by atoms with van der Waals surface area (Å²) in [6.45, 7) is 17.1. The predicted molar refractivity (Wildman–Crippen MR) is 99.4 cm³/mol. The minimum Gasteiger partial charge on any atom is -0.426 e. The molecule has 3 nitrogen and oxygen atoms in total. The number of rotatable bonds is 5. The molecule has 0 N–H and O–H groups in total. The molecule has 0 aliphatic rings. The first kappa shape index (κ1) is 19.7. The number of carbonyl (C=O) groups is 1. The van der Waals surface area contributed by atoms with Crippen LogP contribution >= 0.6 is 0 Å². The van der Waals surface area contributed by atoms with Gasteiger partial charge in [-0.25, -0.2) is 0 Å². The van der Waals surface area contributed by atoms with E-state index in [-0.39, 0.29) is 11.0 Å². The molecule has 0 bridgehead atoms. The first-order valence-corrected chi connectivity index (χ1v) is 10.9. The Balaban J connectivity index is 2.90. The number of hydrogen-bond donors (Lipinski definition) is 0. The van der Waals surface area contributed by atoms with Gasteiger partial charge in [-0.05, 0) is 43.6 Å². The minimum absolute atomic E-state index is 0.198. The fourth-order valence-corrected chi connectivity index (χ4v) is 2.99. The fraction of sp³-hybridized carbons (Fsp3) is 0.526. The Bertz CT molecular complexity index is 595. The van der Waals surface area contributed by atoms with Gasteiger partial charge in [0, 0.05) is 12.5 Å². The van der Waals surface area contributed by atoms with Crippen LogP contribution in [0.5, 0.6) is 5.75 Å². The van der Waals surface area contributed by atoms with E-state index in [0.717, 1.165) is 16.7 Å². The van der Waals surface area contributed by atoms with Gasteiger partial charge in [0.25, 0.3) is 0 Å². The van der Waals surface area contributed by atoms with Crippen molar-refractivity contribution < 1.29 is 14.0 Å². The largest absolute Gasteiger partial charge is 0.426 e. The van der Waals surface area contributed by atoms with E-state index < -0.39 is 8.32 Å². The monoisotopic (exact) mass is 334 g/mol. The second-order valence-corrected chi connectivity index (χ2v) is 12.4. The van der Waals surface area contributed by atoms with Gasteiger partial charge in [-0.15, -0.1) is 0 Å². The molecular formula is C19H30O3Si. The predicted octanol–water partition coefficient (Wildman–Crippen LogP) is 5.26. The van der Waals surface area contributed by atoms with Crippen LogP contribution in [0.15, 0.2) is 18.2 Å². The lowest BCUT2D eigenvalue weighted by molar-refractivity contribution is -0.131. The van der Waals surface area contributed by atoms with E-state index in [9.17, 15) is 4.79 Å². The van der Waals surface area contributed by atoms with E-state index in [1.165, 1.54) is 6.92 Å². The van der Waals surface area contributed by atoms with Crippen molar-refractivity contribution in [2.45, 2.75) is 59.7 Å². The van der Waals surface area contributed by atoms with E-state index in [1.807, 2.05) is 38.1 Å². The Kier molecular flexibility index (Phi) is 6.37. The third-order valence-corrected chi connectivity index (χ3v) is 8.84. The SMILES string of the molecule is CC(=O)Oc1c(C)cc(C)cc1/C=C\CO[Si](C)(C)C(C)(C)C. The molecular weight excluding hydrogens is 304 g/mol. The van der Waals surface area contributed by atoms with E-state index in [1.54, 1.807) is 0 Å². The fourth-order valence-electron chi connectivity index (χ4n) is 2.04. The second kappa shape index (κ2) is 7.45. The molecule has 0 radical (unpaired) electrons. The maximum atomic E-state index is 11.3. The summed E-state index contributed by atoms with van der Waals surface area (Å²) in [5.41, 5.74) is 3.02. The summed E-state index contributed by atoms with van der Waals surface area (Å²) in [5.74, 6) is 0.329. The number of hydrogen-bond acceptors (Lipinski definition) is 3. The van der Waals surface area contributed by atoms with Crippen LogP contribution in [0.25, 0.3) is 6.08 Å². The quantitative estimate of drug-likeness (QED) is 0.418. The Morgan fingerprint density at radius 2 is 1.83 bits per heavy atom. The molecule has 0 aliphatic heterocycles. The molecule has 0 unspecified atom stereocenters. The lowest BCUT2D eigenvalue weighted by Crippen LogP contribution is -2.40. The van der Waals surface area contributed by atoms with Gasteiger partial charge in [-0.1, -0.05) is 44.6 Å². The molecule has 0 atom stereocenters. The van der Waals surface area contributed by atoms with Crippen molar-refractivity contribution in [2.24, 2.45) is 0 Å². The average molecular weight is 335 g/mol. The van der Waals surface area contributed by atoms with Gasteiger partial charge in [-0.3, -0.25) is 4.79 Å². The van der Waals surface area contributed by atoms with Crippen LogP contribution in [0.3, 0.4) is 0 Å². The van der Waals surface area contributed by atoms with Gasteiger partial charge in [0.15, 0.2) is 8.32 Å². The Hall–Kier alpha value is -1.39. The molecule has 128 valence electrons. The maximum Gasteiger partial charge on any atom is 0.308 e. The van der Waals surface area contributed by atoms with Gasteiger partial charge in [0.05, 0.1) is 6.61 Å². The highest BCUT2D eigenvalue weighted by Crippen LogP contribution is 2.36. The molecule has 0 saturated carbocycles.